The van der Waals surface area contributed by atoms with Crippen LogP contribution in [0.5, 0.6) is 0 Å². The Balaban J connectivity index is 1.29. The van der Waals surface area contributed by atoms with E-state index < -0.39 is 0 Å². The summed E-state index contributed by atoms with van der Waals surface area (Å²) in [6.07, 6.45) is 2.39. The molecule has 4 nitrogen and oxygen atoms in total. The molecular weight excluding hydrogens is 306 g/mol. The lowest BCUT2D eigenvalue weighted by Crippen LogP contribution is -2.61. The minimum atomic E-state index is 0.101. The van der Waals surface area contributed by atoms with E-state index in [-0.39, 0.29) is 5.91 Å². The molecular formula is C18H21N3OS. The third-order valence-corrected chi connectivity index (χ3v) is 5.74. The van der Waals surface area contributed by atoms with Gasteiger partial charge in [-0.15, -0.1) is 11.3 Å². The Hall–Kier alpha value is -1.72. The van der Waals surface area contributed by atoms with Crippen molar-refractivity contribution in [3.05, 3.63) is 52.5 Å². The van der Waals surface area contributed by atoms with Crippen molar-refractivity contribution in [2.75, 3.05) is 26.2 Å². The molecule has 0 bridgehead atoms. The van der Waals surface area contributed by atoms with Gasteiger partial charge in [0.1, 0.15) is 5.69 Å². The lowest BCUT2D eigenvalue weighted by atomic mass is 9.72. The van der Waals surface area contributed by atoms with E-state index in [0.717, 1.165) is 32.7 Å². The number of amides is 1. The summed E-state index contributed by atoms with van der Waals surface area (Å²) in [5.41, 5.74) is 4.08. The molecule has 1 aromatic heterocycles. The molecule has 1 amide bonds. The first-order valence-electron chi connectivity index (χ1n) is 8.18. The molecule has 0 atom stereocenters. The molecule has 4 rings (SSSR count). The Labute approximate surface area is 140 Å². The molecule has 5 heteroatoms. The quantitative estimate of drug-likeness (QED) is 0.870. The number of rotatable bonds is 3. The summed E-state index contributed by atoms with van der Waals surface area (Å²) in [7, 11) is 0. The van der Waals surface area contributed by atoms with E-state index in [1.165, 1.54) is 29.7 Å². The third-order valence-electron chi connectivity index (χ3n) is 5.16. The van der Waals surface area contributed by atoms with Crippen molar-refractivity contribution in [3.63, 3.8) is 0 Å². The normalized spacial score (nSPS) is 20.4. The molecule has 3 heterocycles. The smallest absolute Gasteiger partial charge is 0.273 e. The Morgan fingerprint density at radius 3 is 2.57 bits per heavy atom. The fourth-order valence-electron chi connectivity index (χ4n) is 3.73. The second-order valence-electron chi connectivity index (χ2n) is 6.80. The molecule has 1 aromatic carbocycles. The average molecular weight is 327 g/mol. The number of carbonyl (C=O) groups excluding carboxylic acids is 1. The van der Waals surface area contributed by atoms with Crippen LogP contribution in [0.25, 0.3) is 0 Å². The molecule has 120 valence electrons. The van der Waals surface area contributed by atoms with Crippen LogP contribution in [0.3, 0.4) is 0 Å². The molecule has 0 unspecified atom stereocenters. The van der Waals surface area contributed by atoms with Crippen LogP contribution in [0.2, 0.25) is 0 Å². The van der Waals surface area contributed by atoms with Crippen molar-refractivity contribution in [2.45, 2.75) is 19.4 Å². The Kier molecular flexibility index (Phi) is 3.91. The SMILES string of the molecule is O=C(c1cscn1)N1CC2(CCN(Cc3ccccc3)CC2)C1. The molecule has 2 fully saturated rings. The minimum Gasteiger partial charge on any atom is -0.336 e. The number of piperidine rings is 1. The lowest BCUT2D eigenvalue weighted by Gasteiger charge is -2.53. The lowest BCUT2D eigenvalue weighted by molar-refractivity contribution is -0.0338. The van der Waals surface area contributed by atoms with E-state index in [1.54, 1.807) is 5.51 Å². The van der Waals surface area contributed by atoms with Crippen molar-refractivity contribution in [1.29, 1.82) is 0 Å². The van der Waals surface area contributed by atoms with Crippen LogP contribution in [0.4, 0.5) is 0 Å². The van der Waals surface area contributed by atoms with Gasteiger partial charge in [-0.25, -0.2) is 4.98 Å². The molecule has 0 saturated carbocycles. The third kappa shape index (κ3) is 3.03. The van der Waals surface area contributed by atoms with E-state index in [4.69, 9.17) is 0 Å². The van der Waals surface area contributed by atoms with Gasteiger partial charge in [-0.3, -0.25) is 9.69 Å². The first kappa shape index (κ1) is 14.8. The van der Waals surface area contributed by atoms with Gasteiger partial charge in [0.15, 0.2) is 0 Å². The van der Waals surface area contributed by atoms with E-state index in [1.807, 2.05) is 10.3 Å². The summed E-state index contributed by atoms with van der Waals surface area (Å²) in [6, 6.07) is 10.7. The second-order valence-corrected chi connectivity index (χ2v) is 7.52. The number of hydrogen-bond acceptors (Lipinski definition) is 4. The number of likely N-dealkylation sites (tertiary alicyclic amines) is 2. The predicted octanol–water partition coefficient (Wildman–Crippen LogP) is 2.88. The summed E-state index contributed by atoms with van der Waals surface area (Å²) in [5, 5.41) is 1.84. The highest BCUT2D eigenvalue weighted by atomic mass is 32.1. The van der Waals surface area contributed by atoms with E-state index in [0.29, 0.717) is 11.1 Å². The van der Waals surface area contributed by atoms with Gasteiger partial charge >= 0.3 is 0 Å². The van der Waals surface area contributed by atoms with Gasteiger partial charge in [0, 0.05) is 30.4 Å². The van der Waals surface area contributed by atoms with Crippen LogP contribution in [0.1, 0.15) is 28.9 Å². The van der Waals surface area contributed by atoms with Gasteiger partial charge in [0.05, 0.1) is 5.51 Å². The van der Waals surface area contributed by atoms with Crippen LogP contribution >= 0.6 is 11.3 Å². The Morgan fingerprint density at radius 1 is 1.17 bits per heavy atom. The summed E-state index contributed by atoms with van der Waals surface area (Å²) < 4.78 is 0. The van der Waals surface area contributed by atoms with E-state index in [9.17, 15) is 4.79 Å². The van der Waals surface area contributed by atoms with E-state index in [2.05, 4.69) is 40.2 Å². The van der Waals surface area contributed by atoms with Gasteiger partial charge in [-0.05, 0) is 31.5 Å². The zero-order valence-electron chi connectivity index (χ0n) is 13.1. The van der Waals surface area contributed by atoms with Crippen molar-refractivity contribution in [2.24, 2.45) is 5.41 Å². The highest BCUT2D eigenvalue weighted by Crippen LogP contribution is 2.41. The van der Waals surface area contributed by atoms with Crippen LogP contribution in [0, 0.1) is 5.41 Å². The summed E-state index contributed by atoms with van der Waals surface area (Å²) in [6.45, 7) is 5.12. The molecule has 0 aliphatic carbocycles. The molecule has 0 radical (unpaired) electrons. The van der Waals surface area contributed by atoms with E-state index >= 15 is 0 Å². The highest BCUT2D eigenvalue weighted by molar-refractivity contribution is 7.07. The number of nitrogens with zero attached hydrogens (tertiary/aromatic N) is 3. The van der Waals surface area contributed by atoms with Gasteiger partial charge in [0.25, 0.3) is 5.91 Å². The maximum atomic E-state index is 12.3. The summed E-state index contributed by atoms with van der Waals surface area (Å²) in [4.78, 5) is 20.9. The van der Waals surface area contributed by atoms with Crippen molar-refractivity contribution in [1.82, 2.24) is 14.8 Å². The topological polar surface area (TPSA) is 36.4 Å². The molecule has 0 N–H and O–H groups in total. The zero-order valence-corrected chi connectivity index (χ0v) is 14.0. The molecule has 2 aliphatic heterocycles. The molecule has 2 aromatic rings. The highest BCUT2D eigenvalue weighted by Gasteiger charge is 2.46. The Bertz CT molecular complexity index is 655. The minimum absolute atomic E-state index is 0.101. The fraction of sp³-hybridized carbons (Fsp3) is 0.444. The Morgan fingerprint density at radius 2 is 1.91 bits per heavy atom. The van der Waals surface area contributed by atoms with Gasteiger partial charge in [-0.2, -0.15) is 0 Å². The maximum Gasteiger partial charge on any atom is 0.273 e. The van der Waals surface area contributed by atoms with Crippen molar-refractivity contribution in [3.8, 4) is 0 Å². The second kappa shape index (κ2) is 6.06. The summed E-state index contributed by atoms with van der Waals surface area (Å²) >= 11 is 1.48. The number of carbonyl (C=O) groups is 1. The number of thiazole rings is 1. The standard InChI is InChI=1S/C18H21N3OS/c22-17(16-11-23-14-19-16)21-12-18(13-21)6-8-20(9-7-18)10-15-4-2-1-3-5-15/h1-5,11,14H,6-10,12-13H2. The van der Waals surface area contributed by atoms with Gasteiger partial charge < -0.3 is 4.90 Å². The first-order chi connectivity index (χ1) is 11.2. The number of benzene rings is 1. The average Bonchev–Trinajstić information content (AvgIpc) is 3.08. The predicted molar refractivity (Wildman–Crippen MR) is 91.4 cm³/mol. The molecule has 2 aliphatic rings. The molecule has 23 heavy (non-hydrogen) atoms. The zero-order chi connectivity index (χ0) is 15.7. The van der Waals surface area contributed by atoms with Crippen LogP contribution in [0.15, 0.2) is 41.2 Å². The largest absolute Gasteiger partial charge is 0.336 e. The van der Waals surface area contributed by atoms with Gasteiger partial charge in [-0.1, -0.05) is 30.3 Å². The monoisotopic (exact) mass is 327 g/mol. The fourth-order valence-corrected chi connectivity index (χ4v) is 4.26. The van der Waals surface area contributed by atoms with Crippen LogP contribution in [-0.2, 0) is 6.54 Å². The number of hydrogen-bond donors (Lipinski definition) is 0. The molecule has 2 saturated heterocycles. The van der Waals surface area contributed by atoms with Crippen molar-refractivity contribution < 1.29 is 4.79 Å². The van der Waals surface area contributed by atoms with Gasteiger partial charge in [0.2, 0.25) is 0 Å². The van der Waals surface area contributed by atoms with Crippen LogP contribution < -0.4 is 0 Å². The number of aromatic nitrogens is 1. The summed E-state index contributed by atoms with van der Waals surface area (Å²) in [5.74, 6) is 0.101. The first-order valence-corrected chi connectivity index (χ1v) is 9.12. The van der Waals surface area contributed by atoms with Crippen molar-refractivity contribution >= 4 is 17.2 Å². The maximum absolute atomic E-state index is 12.3. The van der Waals surface area contributed by atoms with Crippen LogP contribution in [-0.4, -0.2) is 46.9 Å². The molecule has 1 spiro atoms.